The first-order valence-corrected chi connectivity index (χ1v) is 8.08. The number of phenolic OH excluding ortho intramolecular Hbond substituents is 1. The molecule has 0 saturated carbocycles. The summed E-state index contributed by atoms with van der Waals surface area (Å²) in [6.45, 7) is 0.244. The molecule has 0 spiro atoms. The molecule has 0 fully saturated rings. The smallest absolute Gasteiger partial charge is 0.331 e. The van der Waals surface area contributed by atoms with Gasteiger partial charge in [-0.25, -0.2) is 4.79 Å². The molecule has 0 atom stereocenters. The van der Waals surface area contributed by atoms with Crippen molar-refractivity contribution in [3.63, 3.8) is 0 Å². The Kier molecular flexibility index (Phi) is 7.78. The highest BCUT2D eigenvalue weighted by molar-refractivity contribution is 5.87. The lowest BCUT2D eigenvalue weighted by atomic mass is 10.1. The number of hydrogen-bond acceptors (Lipinski definition) is 8. The summed E-state index contributed by atoms with van der Waals surface area (Å²) in [6, 6.07) is 12.0. The van der Waals surface area contributed by atoms with Gasteiger partial charge < -0.3 is 14.6 Å². The fourth-order valence-corrected chi connectivity index (χ4v) is 2.21. The zero-order valence-corrected chi connectivity index (χ0v) is 14.7. The Morgan fingerprint density at radius 2 is 1.81 bits per heavy atom. The lowest BCUT2D eigenvalue weighted by Gasteiger charge is -2.07. The van der Waals surface area contributed by atoms with Gasteiger partial charge in [-0.05, 0) is 41.3 Å². The second-order valence-electron chi connectivity index (χ2n) is 5.52. The van der Waals surface area contributed by atoms with Gasteiger partial charge in [-0.2, -0.15) is 0 Å². The highest BCUT2D eigenvalue weighted by Gasteiger charge is 2.03. The Bertz CT molecular complexity index is 772. The van der Waals surface area contributed by atoms with Crippen molar-refractivity contribution in [1.29, 1.82) is 0 Å². The van der Waals surface area contributed by atoms with Crippen LogP contribution in [0, 0.1) is 0 Å². The van der Waals surface area contributed by atoms with Crippen LogP contribution in [-0.2, 0) is 27.4 Å². The normalized spacial score (nSPS) is 11.1. The molecule has 0 saturated heterocycles. The zero-order valence-electron chi connectivity index (χ0n) is 14.7. The molecule has 0 aliphatic rings. The van der Waals surface area contributed by atoms with Crippen LogP contribution in [0.2, 0.25) is 0 Å². The van der Waals surface area contributed by atoms with Crippen LogP contribution in [0.5, 0.6) is 11.5 Å². The number of benzene rings is 2. The van der Waals surface area contributed by atoms with Gasteiger partial charge in [-0.15, -0.1) is 0 Å². The number of carbonyl (C=O) groups excluding carboxylic acids is 1. The number of esters is 1. The predicted octanol–water partition coefficient (Wildman–Crippen LogP) is 2.71. The van der Waals surface area contributed by atoms with E-state index in [2.05, 4.69) is 4.84 Å². The van der Waals surface area contributed by atoms with Crippen molar-refractivity contribution in [3.8, 4) is 11.5 Å². The van der Waals surface area contributed by atoms with Gasteiger partial charge in [0.15, 0.2) is 11.5 Å². The molecule has 0 heterocycles. The van der Waals surface area contributed by atoms with Gasteiger partial charge in [0, 0.05) is 6.08 Å². The van der Waals surface area contributed by atoms with E-state index in [0.29, 0.717) is 17.7 Å². The summed E-state index contributed by atoms with van der Waals surface area (Å²) >= 11 is 0. The molecule has 8 nitrogen and oxygen atoms in total. The van der Waals surface area contributed by atoms with E-state index < -0.39 is 5.97 Å². The average Bonchev–Trinajstić information content (AvgIpc) is 2.66. The molecule has 0 aliphatic carbocycles. The van der Waals surface area contributed by atoms with E-state index in [9.17, 15) is 9.90 Å². The standard InChI is InChI=1S/C19H21NO7/c1-25-18-12-15(6-8-17(18)21)7-9-19(22)26-13-16-4-2-14(3-5-16)10-11-27-20(23)24/h2-9,12,21,23-24H,10-11,13H2,1H3/b9-7+. The Morgan fingerprint density at radius 3 is 2.48 bits per heavy atom. The SMILES string of the molecule is COc1cc(/C=C/C(=O)OCc2ccc(CCON(O)O)cc2)ccc1O. The number of carbonyl (C=O) groups is 1. The first kappa shape index (κ1) is 20.4. The van der Waals surface area contributed by atoms with Crippen molar-refractivity contribution in [2.24, 2.45) is 0 Å². The lowest BCUT2D eigenvalue weighted by Crippen LogP contribution is -2.16. The summed E-state index contributed by atoms with van der Waals surface area (Å²) in [5.41, 5.74) is 2.45. The van der Waals surface area contributed by atoms with Gasteiger partial charge in [0.1, 0.15) is 6.61 Å². The highest BCUT2D eigenvalue weighted by atomic mass is 17.1. The van der Waals surface area contributed by atoms with Crippen LogP contribution < -0.4 is 4.74 Å². The van der Waals surface area contributed by atoms with Crippen molar-refractivity contribution in [1.82, 2.24) is 5.39 Å². The van der Waals surface area contributed by atoms with Crippen molar-refractivity contribution in [3.05, 3.63) is 65.2 Å². The minimum absolute atomic E-state index is 0.0253. The molecule has 2 aromatic rings. The largest absolute Gasteiger partial charge is 0.504 e. The molecule has 27 heavy (non-hydrogen) atoms. The Hall–Kier alpha value is -2.91. The molecule has 0 amide bonds. The monoisotopic (exact) mass is 375 g/mol. The molecule has 3 N–H and O–H groups in total. The number of rotatable bonds is 9. The number of hydrogen-bond donors (Lipinski definition) is 3. The second-order valence-corrected chi connectivity index (χ2v) is 5.52. The number of aromatic hydroxyl groups is 1. The average molecular weight is 375 g/mol. The third-order valence-corrected chi connectivity index (χ3v) is 3.62. The van der Waals surface area contributed by atoms with Crippen LogP contribution in [0.3, 0.4) is 0 Å². The van der Waals surface area contributed by atoms with Crippen molar-refractivity contribution < 1.29 is 34.6 Å². The van der Waals surface area contributed by atoms with Gasteiger partial charge in [0.2, 0.25) is 0 Å². The molecule has 8 heteroatoms. The van der Waals surface area contributed by atoms with Gasteiger partial charge in [-0.1, -0.05) is 30.3 Å². The van der Waals surface area contributed by atoms with Crippen LogP contribution >= 0.6 is 0 Å². The highest BCUT2D eigenvalue weighted by Crippen LogP contribution is 2.26. The van der Waals surface area contributed by atoms with E-state index in [-0.39, 0.29) is 24.4 Å². The Labute approximate surface area is 156 Å². The van der Waals surface area contributed by atoms with Gasteiger partial charge >= 0.3 is 5.97 Å². The fraction of sp³-hybridized carbons (Fsp3) is 0.211. The molecule has 144 valence electrons. The molecule has 0 unspecified atom stereocenters. The third kappa shape index (κ3) is 7.08. The maximum atomic E-state index is 11.8. The Balaban J connectivity index is 1.81. The second kappa shape index (κ2) is 10.3. The van der Waals surface area contributed by atoms with Gasteiger partial charge in [-0.3, -0.25) is 15.3 Å². The maximum absolute atomic E-state index is 11.8. The first-order valence-electron chi connectivity index (χ1n) is 8.08. The van der Waals surface area contributed by atoms with Crippen LogP contribution in [0.1, 0.15) is 16.7 Å². The summed E-state index contributed by atoms with van der Waals surface area (Å²) in [7, 11) is 1.45. The van der Waals surface area contributed by atoms with E-state index in [1.54, 1.807) is 18.2 Å². The molecule has 0 aromatic heterocycles. The maximum Gasteiger partial charge on any atom is 0.331 e. The van der Waals surface area contributed by atoms with E-state index in [0.717, 1.165) is 11.1 Å². The van der Waals surface area contributed by atoms with Crippen LogP contribution in [0.4, 0.5) is 0 Å². The lowest BCUT2D eigenvalue weighted by molar-refractivity contribution is -0.492. The molecule has 2 rings (SSSR count). The predicted molar refractivity (Wildman–Crippen MR) is 95.0 cm³/mol. The summed E-state index contributed by atoms with van der Waals surface area (Å²) < 4.78 is 10.2. The van der Waals surface area contributed by atoms with E-state index in [1.165, 1.54) is 19.3 Å². The molecule has 0 bridgehead atoms. The topological polar surface area (TPSA) is 109 Å². The van der Waals surface area contributed by atoms with Crippen LogP contribution in [0.15, 0.2) is 48.5 Å². The quantitative estimate of drug-likeness (QED) is 0.349. The summed E-state index contributed by atoms with van der Waals surface area (Å²) in [4.78, 5) is 16.3. The number of phenols is 1. The minimum atomic E-state index is -0.495. The van der Waals surface area contributed by atoms with Crippen molar-refractivity contribution in [2.75, 3.05) is 13.7 Å². The minimum Gasteiger partial charge on any atom is -0.504 e. The first-order chi connectivity index (χ1) is 13.0. The molecule has 2 aromatic carbocycles. The fourth-order valence-electron chi connectivity index (χ4n) is 2.21. The summed E-state index contributed by atoms with van der Waals surface area (Å²) in [5.74, 6) is -0.149. The van der Waals surface area contributed by atoms with E-state index in [4.69, 9.17) is 19.9 Å². The van der Waals surface area contributed by atoms with E-state index in [1.807, 2.05) is 24.3 Å². The summed E-state index contributed by atoms with van der Waals surface area (Å²) in [6.07, 6.45) is 3.36. The Morgan fingerprint density at radius 1 is 1.11 bits per heavy atom. The number of methoxy groups -OCH3 is 1. The molecular weight excluding hydrogens is 354 g/mol. The molecular formula is C19H21NO7. The van der Waals surface area contributed by atoms with Gasteiger partial charge in [0.05, 0.1) is 19.1 Å². The molecule has 0 radical (unpaired) electrons. The zero-order chi connectivity index (χ0) is 19.6. The third-order valence-electron chi connectivity index (χ3n) is 3.62. The van der Waals surface area contributed by atoms with Gasteiger partial charge in [0.25, 0.3) is 0 Å². The van der Waals surface area contributed by atoms with Crippen LogP contribution in [0.25, 0.3) is 6.08 Å². The number of ether oxygens (including phenoxy) is 2. The summed E-state index contributed by atoms with van der Waals surface area (Å²) in [5, 5.41) is 26.1. The van der Waals surface area contributed by atoms with E-state index >= 15 is 0 Å². The van der Waals surface area contributed by atoms with Crippen LogP contribution in [-0.4, -0.2) is 40.6 Å². The van der Waals surface area contributed by atoms with Crippen molar-refractivity contribution in [2.45, 2.75) is 13.0 Å². The molecule has 0 aliphatic heterocycles. The number of nitrogens with zero attached hydrogens (tertiary/aromatic N) is 1. The van der Waals surface area contributed by atoms with Crippen molar-refractivity contribution >= 4 is 12.0 Å².